The highest BCUT2D eigenvalue weighted by atomic mass is 32.2. The molecule has 1 saturated heterocycles. The van der Waals surface area contributed by atoms with Crippen molar-refractivity contribution in [1.82, 2.24) is 4.90 Å². The lowest BCUT2D eigenvalue weighted by molar-refractivity contribution is -0.127. The van der Waals surface area contributed by atoms with Crippen molar-refractivity contribution in [1.29, 1.82) is 0 Å². The highest BCUT2D eigenvalue weighted by Gasteiger charge is 2.36. The van der Waals surface area contributed by atoms with Crippen LogP contribution in [0, 0.1) is 20.8 Å². The number of nitrogens with one attached hydrogen (secondary N) is 1. The van der Waals surface area contributed by atoms with Gasteiger partial charge in [0.25, 0.3) is 11.1 Å². The summed E-state index contributed by atoms with van der Waals surface area (Å²) < 4.78 is 0. The molecule has 0 spiro atoms. The predicted octanol–water partition coefficient (Wildman–Crippen LogP) is 4.35. The first kappa shape index (κ1) is 18.4. The van der Waals surface area contributed by atoms with Crippen molar-refractivity contribution in [3.8, 4) is 0 Å². The fourth-order valence-corrected chi connectivity index (χ4v) is 4.31. The van der Waals surface area contributed by atoms with Gasteiger partial charge >= 0.3 is 0 Å². The molecule has 7 heteroatoms. The van der Waals surface area contributed by atoms with Crippen LogP contribution in [-0.2, 0) is 9.59 Å². The van der Waals surface area contributed by atoms with Gasteiger partial charge in [-0.05, 0) is 62.4 Å². The molecule has 0 unspecified atom stereocenters. The van der Waals surface area contributed by atoms with E-state index in [1.807, 2.05) is 51.1 Å². The fourth-order valence-electron chi connectivity index (χ4n) is 2.58. The summed E-state index contributed by atoms with van der Waals surface area (Å²) in [4.78, 5) is 40.3. The number of rotatable bonds is 4. The Morgan fingerprint density at radius 3 is 2.58 bits per heavy atom. The summed E-state index contributed by atoms with van der Waals surface area (Å²) in [5.74, 6) is -0.825. The molecule has 0 aliphatic carbocycles. The van der Waals surface area contributed by atoms with E-state index in [4.69, 9.17) is 0 Å². The maximum atomic E-state index is 12.5. The van der Waals surface area contributed by atoms with E-state index in [-0.39, 0.29) is 6.54 Å². The first-order valence-corrected chi connectivity index (χ1v) is 9.65. The van der Waals surface area contributed by atoms with E-state index >= 15 is 0 Å². The van der Waals surface area contributed by atoms with Gasteiger partial charge < -0.3 is 5.32 Å². The summed E-state index contributed by atoms with van der Waals surface area (Å²) in [6.07, 6.45) is 1.70. The Morgan fingerprint density at radius 1 is 1.15 bits per heavy atom. The van der Waals surface area contributed by atoms with E-state index < -0.39 is 17.1 Å². The van der Waals surface area contributed by atoms with Crippen LogP contribution >= 0.6 is 23.1 Å². The lowest BCUT2D eigenvalue weighted by Gasteiger charge is -2.13. The van der Waals surface area contributed by atoms with Crippen LogP contribution in [0.3, 0.4) is 0 Å². The van der Waals surface area contributed by atoms with E-state index in [0.29, 0.717) is 10.6 Å². The molecule has 2 aromatic rings. The zero-order valence-corrected chi connectivity index (χ0v) is 16.3. The average Bonchev–Trinajstić information content (AvgIpc) is 3.09. The average molecular weight is 386 g/mol. The predicted molar refractivity (Wildman–Crippen MR) is 106 cm³/mol. The van der Waals surface area contributed by atoms with Crippen LogP contribution < -0.4 is 5.32 Å². The monoisotopic (exact) mass is 386 g/mol. The molecule has 3 amide bonds. The standard InChI is InChI=1S/C19H18N2O3S2/c1-11-4-7-15(12(2)8-11)20-17(22)10-21-18(23)16(26-19(21)24)9-14-6-5-13(3)25-14/h4-9H,10H2,1-3H3,(H,20,22)/b16-9+. The number of carbonyl (C=O) groups is 3. The Hall–Kier alpha value is -2.38. The van der Waals surface area contributed by atoms with Crippen LogP contribution in [0.25, 0.3) is 6.08 Å². The number of amides is 3. The minimum Gasteiger partial charge on any atom is -0.324 e. The van der Waals surface area contributed by atoms with Gasteiger partial charge in [-0.3, -0.25) is 19.3 Å². The summed E-state index contributed by atoms with van der Waals surface area (Å²) in [5.41, 5.74) is 2.71. The molecule has 1 aliphatic rings. The van der Waals surface area contributed by atoms with Gasteiger partial charge in [0.1, 0.15) is 6.54 Å². The van der Waals surface area contributed by atoms with Crippen molar-refractivity contribution in [2.75, 3.05) is 11.9 Å². The number of benzene rings is 1. The third kappa shape index (κ3) is 4.05. The third-order valence-electron chi connectivity index (χ3n) is 3.87. The van der Waals surface area contributed by atoms with Gasteiger partial charge in [-0.1, -0.05) is 17.7 Å². The second-order valence-corrected chi connectivity index (χ2v) is 8.40. The second kappa shape index (κ2) is 7.47. The van der Waals surface area contributed by atoms with Crippen molar-refractivity contribution in [3.05, 3.63) is 56.1 Å². The molecule has 26 heavy (non-hydrogen) atoms. The topological polar surface area (TPSA) is 66.5 Å². The molecule has 5 nitrogen and oxygen atoms in total. The second-order valence-electron chi connectivity index (χ2n) is 6.08. The van der Waals surface area contributed by atoms with E-state index in [1.54, 1.807) is 17.4 Å². The number of thioether (sulfide) groups is 1. The molecular formula is C19H18N2O3S2. The molecule has 134 valence electrons. The Bertz CT molecular complexity index is 931. The lowest BCUT2D eigenvalue weighted by atomic mass is 10.1. The molecule has 0 bridgehead atoms. The molecule has 1 aromatic heterocycles. The van der Waals surface area contributed by atoms with Gasteiger partial charge in [0.2, 0.25) is 5.91 Å². The van der Waals surface area contributed by atoms with Gasteiger partial charge in [-0.2, -0.15) is 0 Å². The van der Waals surface area contributed by atoms with Crippen molar-refractivity contribution in [2.45, 2.75) is 20.8 Å². The smallest absolute Gasteiger partial charge is 0.294 e. The number of carbonyl (C=O) groups excluding carboxylic acids is 3. The number of hydrogen-bond donors (Lipinski definition) is 1. The lowest BCUT2D eigenvalue weighted by Crippen LogP contribution is -2.36. The number of imide groups is 1. The third-order valence-corrected chi connectivity index (χ3v) is 5.72. The molecule has 2 heterocycles. The number of hydrogen-bond acceptors (Lipinski definition) is 5. The zero-order chi connectivity index (χ0) is 18.8. The summed E-state index contributed by atoms with van der Waals surface area (Å²) in [5, 5.41) is 2.34. The molecule has 0 radical (unpaired) electrons. The summed E-state index contributed by atoms with van der Waals surface area (Å²) >= 11 is 2.41. The highest BCUT2D eigenvalue weighted by Crippen LogP contribution is 2.33. The highest BCUT2D eigenvalue weighted by molar-refractivity contribution is 8.18. The van der Waals surface area contributed by atoms with E-state index in [2.05, 4.69) is 5.32 Å². The molecule has 0 atom stereocenters. The van der Waals surface area contributed by atoms with Crippen LogP contribution in [0.1, 0.15) is 20.9 Å². The van der Waals surface area contributed by atoms with Gasteiger partial charge in [-0.25, -0.2) is 0 Å². The summed E-state index contributed by atoms with van der Waals surface area (Å²) in [7, 11) is 0. The molecule has 1 N–H and O–H groups in total. The Morgan fingerprint density at radius 2 is 1.92 bits per heavy atom. The molecular weight excluding hydrogens is 368 g/mol. The number of thiophene rings is 1. The van der Waals surface area contributed by atoms with Crippen LogP contribution in [-0.4, -0.2) is 28.5 Å². The van der Waals surface area contributed by atoms with Crippen molar-refractivity contribution in [3.63, 3.8) is 0 Å². The first-order valence-electron chi connectivity index (χ1n) is 8.02. The Labute approximate surface area is 160 Å². The number of anilines is 1. The van der Waals surface area contributed by atoms with Gasteiger partial charge in [-0.15, -0.1) is 11.3 Å². The van der Waals surface area contributed by atoms with E-state index in [0.717, 1.165) is 37.5 Å². The quantitative estimate of drug-likeness (QED) is 0.794. The Balaban J connectivity index is 1.69. The fraction of sp³-hybridized carbons (Fsp3) is 0.211. The van der Waals surface area contributed by atoms with E-state index in [9.17, 15) is 14.4 Å². The zero-order valence-electron chi connectivity index (χ0n) is 14.7. The number of aryl methyl sites for hydroxylation is 3. The van der Waals surface area contributed by atoms with Crippen LogP contribution in [0.2, 0.25) is 0 Å². The van der Waals surface area contributed by atoms with Crippen molar-refractivity contribution < 1.29 is 14.4 Å². The van der Waals surface area contributed by atoms with E-state index in [1.165, 1.54) is 0 Å². The first-order chi connectivity index (χ1) is 12.3. The molecule has 1 fully saturated rings. The largest absolute Gasteiger partial charge is 0.324 e. The SMILES string of the molecule is Cc1ccc(NC(=O)CN2C(=O)S/C(=C/c3ccc(C)s3)C2=O)c(C)c1. The van der Waals surface area contributed by atoms with Crippen LogP contribution in [0.4, 0.5) is 10.5 Å². The van der Waals surface area contributed by atoms with Crippen LogP contribution in [0.15, 0.2) is 35.2 Å². The summed E-state index contributed by atoms with van der Waals surface area (Å²) in [6.45, 7) is 5.55. The minimum absolute atomic E-state index is 0.293. The minimum atomic E-state index is -0.429. The molecule has 1 aliphatic heterocycles. The molecule has 0 saturated carbocycles. The molecule has 1 aromatic carbocycles. The normalized spacial score (nSPS) is 15.8. The maximum Gasteiger partial charge on any atom is 0.294 e. The van der Waals surface area contributed by atoms with Crippen molar-refractivity contribution in [2.24, 2.45) is 0 Å². The van der Waals surface area contributed by atoms with Gasteiger partial charge in [0.15, 0.2) is 0 Å². The number of nitrogens with zero attached hydrogens (tertiary/aromatic N) is 1. The molecule has 3 rings (SSSR count). The Kier molecular flexibility index (Phi) is 5.29. The van der Waals surface area contributed by atoms with Crippen LogP contribution in [0.5, 0.6) is 0 Å². The van der Waals surface area contributed by atoms with Crippen molar-refractivity contribution >= 4 is 51.9 Å². The maximum absolute atomic E-state index is 12.5. The van der Waals surface area contributed by atoms with Gasteiger partial charge in [0.05, 0.1) is 4.91 Å². The summed E-state index contributed by atoms with van der Waals surface area (Å²) in [6, 6.07) is 9.53. The van der Waals surface area contributed by atoms with Gasteiger partial charge in [0, 0.05) is 15.4 Å².